The van der Waals surface area contributed by atoms with E-state index in [1.165, 1.54) is 49.0 Å². The van der Waals surface area contributed by atoms with E-state index < -0.39 is 133 Å². The van der Waals surface area contributed by atoms with Crippen molar-refractivity contribution >= 4 is 11.8 Å². The van der Waals surface area contributed by atoms with Crippen molar-refractivity contribution in [3.8, 4) is 0 Å². The third-order valence-corrected chi connectivity index (χ3v) is 12.1. The molecule has 3 aliphatic rings. The van der Waals surface area contributed by atoms with Crippen LogP contribution in [0.5, 0.6) is 0 Å². The van der Waals surface area contributed by atoms with Crippen LogP contribution >= 0.6 is 0 Å². The van der Waals surface area contributed by atoms with Gasteiger partial charge in [-0.25, -0.2) is 0 Å². The SMILES string of the molecule is [2H][13C]([2H])([2H])N(C)[C@H]1C[C@@H](C)O[C@@H](O[C@@H]2[C@@H](C)[C@H](O[C@H]3C[C@@](C)(OC)[C@@H](O)[C@H](C)O3)[C@@H](C)C(=O)O[C@H]([C@H](C)O)[C@@](C)(O)[C@H](O)[C@@H](C)C(=O)[C@H](C)C[C@@]2(C)OC)[C@@H]1O. The maximum atomic E-state index is 14.2. The Morgan fingerprint density at radius 2 is 1.51 bits per heavy atom. The number of carbonyl (C=O) groups is 2. The van der Waals surface area contributed by atoms with E-state index in [9.17, 15) is 35.1 Å². The lowest BCUT2D eigenvalue weighted by Crippen LogP contribution is -2.62. The van der Waals surface area contributed by atoms with Crippen molar-refractivity contribution in [3.05, 3.63) is 0 Å². The molecule has 0 aromatic heterocycles. The summed E-state index contributed by atoms with van der Waals surface area (Å²) in [4.78, 5) is 29.4. The maximum Gasteiger partial charge on any atom is 0.311 e. The van der Waals surface area contributed by atoms with E-state index >= 15 is 0 Å². The number of rotatable bonds is 8. The average molecular weight is 768 g/mol. The number of hydrogen-bond acceptors (Lipinski definition) is 15. The van der Waals surface area contributed by atoms with E-state index in [0.717, 1.165) is 4.90 Å². The standard InChI is InChI=1S/C38H69NO14/c1-18-16-37(9,48-14)32(53-35-28(42)25(39(11)12)15-19(2)49-35)21(4)29(51-26-17-36(8,47-13)31(44)24(7)50-26)22(5)34(45)52-33(23(6)40)38(10,46)30(43)20(3)27(18)41/h18-26,28-33,35,40,42-44,46H,15-17H2,1-14H3/t18-,19-,20+,21+,22-,23+,24+,25+,26+,28-,29+,30-,31+,32-,33-,35+,36-,37-,38+/m1/s1/i11+1D3. The maximum absolute atomic E-state index is 14.2. The molecule has 0 amide bonds. The van der Waals surface area contributed by atoms with Gasteiger partial charge in [0.2, 0.25) is 0 Å². The normalized spacial score (nSPS) is 50.0. The number of ketones is 1. The van der Waals surface area contributed by atoms with E-state index in [4.69, 9.17) is 37.3 Å². The summed E-state index contributed by atoms with van der Waals surface area (Å²) in [6, 6.07) is -0.914. The molecule has 15 nitrogen and oxygen atoms in total. The molecule has 15 heteroatoms. The summed E-state index contributed by atoms with van der Waals surface area (Å²) in [7, 11) is 4.24. The summed E-state index contributed by atoms with van der Waals surface area (Å²) in [5.41, 5.74) is -4.83. The number of hydrogen-bond donors (Lipinski definition) is 5. The molecule has 0 saturated carbocycles. The Morgan fingerprint density at radius 1 is 0.906 bits per heavy atom. The predicted octanol–water partition coefficient (Wildman–Crippen LogP) is 1.41. The molecule has 0 aromatic carbocycles. The first-order chi connectivity index (χ1) is 25.6. The topological polar surface area (TPSA) is 203 Å². The fourth-order valence-corrected chi connectivity index (χ4v) is 8.51. The number of nitrogens with zero attached hydrogens (tertiary/aromatic N) is 1. The number of likely N-dealkylation sites (N-methyl/N-ethyl adjacent to an activating group) is 1. The van der Waals surface area contributed by atoms with Crippen LogP contribution in [0.25, 0.3) is 0 Å². The molecule has 3 fully saturated rings. The summed E-state index contributed by atoms with van der Waals surface area (Å²) < 4.78 is 67.4. The highest BCUT2D eigenvalue weighted by Crippen LogP contribution is 2.42. The van der Waals surface area contributed by atoms with Crippen LogP contribution < -0.4 is 0 Å². The smallest absolute Gasteiger partial charge is 0.311 e. The van der Waals surface area contributed by atoms with Crippen LogP contribution in [0.15, 0.2) is 0 Å². The highest BCUT2D eigenvalue weighted by atomic mass is 16.7. The Labute approximate surface area is 319 Å². The molecular weight excluding hydrogens is 695 g/mol. The van der Waals surface area contributed by atoms with Crippen molar-refractivity contribution in [2.45, 2.75) is 179 Å². The molecule has 5 N–H and O–H groups in total. The molecule has 0 spiro atoms. The summed E-state index contributed by atoms with van der Waals surface area (Å²) >= 11 is 0. The summed E-state index contributed by atoms with van der Waals surface area (Å²) in [6.07, 6.45) is -13.5. The van der Waals surface area contributed by atoms with Gasteiger partial charge in [0.05, 0.1) is 53.7 Å². The van der Waals surface area contributed by atoms with Crippen LogP contribution in [0, 0.1) is 23.7 Å². The number of cyclic esters (lactones) is 1. The number of esters is 1. The second kappa shape index (κ2) is 17.9. The summed E-state index contributed by atoms with van der Waals surface area (Å²) in [5, 5.41) is 56.5. The first-order valence-corrected chi connectivity index (χ1v) is 18.7. The monoisotopic (exact) mass is 767 g/mol. The molecule has 0 bridgehead atoms. The van der Waals surface area contributed by atoms with Crippen molar-refractivity contribution in [1.82, 2.24) is 4.90 Å². The first-order valence-electron chi connectivity index (χ1n) is 20.2. The van der Waals surface area contributed by atoms with Crippen LogP contribution in [0.1, 0.15) is 92.6 Å². The van der Waals surface area contributed by atoms with Crippen molar-refractivity contribution < 1.29 is 72.4 Å². The molecule has 3 rings (SSSR count). The number of Topliss-reactive ketones (excluding diaryl/α,β-unsaturated/α-hetero) is 1. The second-order valence-corrected chi connectivity index (χ2v) is 16.5. The summed E-state index contributed by atoms with van der Waals surface area (Å²) in [5.74, 6) is -5.58. The van der Waals surface area contributed by atoms with Crippen LogP contribution in [-0.4, -0.2) is 161 Å². The minimum Gasteiger partial charge on any atom is -0.456 e. The van der Waals surface area contributed by atoms with Gasteiger partial charge in [0, 0.05) is 48.5 Å². The average Bonchev–Trinajstić information content (AvgIpc) is 3.11. The Kier molecular flexibility index (Phi) is 13.9. The molecule has 0 radical (unpaired) electrons. The number of aliphatic hydroxyl groups excluding tert-OH is 4. The molecule has 310 valence electrons. The lowest BCUT2D eigenvalue weighted by Gasteiger charge is -2.50. The van der Waals surface area contributed by atoms with Crippen molar-refractivity contribution in [2.24, 2.45) is 23.7 Å². The van der Waals surface area contributed by atoms with Gasteiger partial charge in [-0.15, -0.1) is 0 Å². The van der Waals surface area contributed by atoms with Crippen LogP contribution in [-0.2, 0) is 42.7 Å². The van der Waals surface area contributed by atoms with Gasteiger partial charge in [0.25, 0.3) is 0 Å². The third-order valence-electron chi connectivity index (χ3n) is 12.1. The fourth-order valence-electron chi connectivity index (χ4n) is 8.51. The van der Waals surface area contributed by atoms with Gasteiger partial charge in [0.1, 0.15) is 23.6 Å². The van der Waals surface area contributed by atoms with E-state index in [-0.39, 0.29) is 19.3 Å². The third kappa shape index (κ3) is 9.80. The van der Waals surface area contributed by atoms with Crippen molar-refractivity contribution in [1.29, 1.82) is 0 Å². The number of methoxy groups -OCH3 is 2. The van der Waals surface area contributed by atoms with E-state index in [1.807, 2.05) is 0 Å². The number of ether oxygens (including phenoxy) is 7. The first kappa shape index (κ1) is 41.3. The van der Waals surface area contributed by atoms with Crippen LogP contribution in [0.3, 0.4) is 0 Å². The molecule has 3 saturated heterocycles. The second-order valence-electron chi connectivity index (χ2n) is 16.5. The Bertz CT molecular complexity index is 1320. The molecular formula is C38H69NO14. The zero-order valence-corrected chi connectivity index (χ0v) is 33.7. The highest BCUT2D eigenvalue weighted by Gasteiger charge is 2.54. The minimum absolute atomic E-state index is 0.0266. The highest BCUT2D eigenvalue weighted by molar-refractivity contribution is 5.83. The largest absolute Gasteiger partial charge is 0.456 e. The quantitative estimate of drug-likeness (QED) is 0.175. The van der Waals surface area contributed by atoms with Gasteiger partial charge in [-0.1, -0.05) is 20.8 Å². The molecule has 3 heterocycles. The predicted molar refractivity (Wildman–Crippen MR) is 192 cm³/mol. The van der Waals surface area contributed by atoms with Crippen molar-refractivity contribution in [3.63, 3.8) is 0 Å². The molecule has 0 aliphatic carbocycles. The Balaban J connectivity index is 2.26. The van der Waals surface area contributed by atoms with Crippen molar-refractivity contribution in [2.75, 3.05) is 28.2 Å². The molecule has 19 atom stereocenters. The lowest BCUT2D eigenvalue weighted by atomic mass is 9.73. The van der Waals surface area contributed by atoms with Gasteiger partial charge in [-0.3, -0.25) is 9.59 Å². The summed E-state index contributed by atoms with van der Waals surface area (Å²) in [6.45, 7) is 13.0. The van der Waals surface area contributed by atoms with Gasteiger partial charge in [-0.2, -0.15) is 0 Å². The Hall–Kier alpha value is -1.34. The minimum atomic E-state index is -2.55. The molecule has 0 unspecified atom stereocenters. The van der Waals surface area contributed by atoms with Gasteiger partial charge in [-0.05, 0) is 75.3 Å². The van der Waals surface area contributed by atoms with Gasteiger partial charge >= 0.3 is 5.97 Å². The van der Waals surface area contributed by atoms with Crippen LogP contribution in [0.2, 0.25) is 0 Å². The van der Waals surface area contributed by atoms with E-state index in [1.54, 1.807) is 41.5 Å². The van der Waals surface area contributed by atoms with Crippen LogP contribution in [0.4, 0.5) is 0 Å². The van der Waals surface area contributed by atoms with Gasteiger partial charge in [0.15, 0.2) is 18.7 Å². The Morgan fingerprint density at radius 3 is 2.06 bits per heavy atom. The zero-order chi connectivity index (χ0) is 43.0. The molecule has 53 heavy (non-hydrogen) atoms. The van der Waals surface area contributed by atoms with Gasteiger partial charge < -0.3 is 63.6 Å². The van der Waals surface area contributed by atoms with E-state index in [0.29, 0.717) is 0 Å². The number of carbonyl (C=O) groups excluding carboxylic acids is 2. The fraction of sp³-hybridized carbons (Fsp3) is 0.947. The zero-order valence-electron chi connectivity index (χ0n) is 36.7. The molecule has 3 aliphatic heterocycles. The number of aliphatic hydroxyl groups is 5. The van der Waals surface area contributed by atoms with E-state index in [2.05, 4.69) is 0 Å². The molecule has 0 aromatic rings. The lowest BCUT2D eigenvalue weighted by molar-refractivity contribution is -0.319.